The highest BCUT2D eigenvalue weighted by molar-refractivity contribution is 5.73. The quantitative estimate of drug-likeness (QED) is 0.0337. The van der Waals surface area contributed by atoms with E-state index in [1.54, 1.807) is 0 Å². The second kappa shape index (κ2) is 72.6. The van der Waals surface area contributed by atoms with Crippen LogP contribution < -0.4 is 0 Å². The molecule has 0 spiro atoms. The van der Waals surface area contributed by atoms with E-state index < -0.39 is 11.4 Å². The van der Waals surface area contributed by atoms with Crippen LogP contribution in [0.3, 0.4) is 0 Å². The fraction of sp³-hybridized carbons (Fsp3) is 0.953. The van der Waals surface area contributed by atoms with Crippen molar-refractivity contribution in [1.82, 2.24) is 0 Å². The number of esters is 4. The lowest BCUT2D eigenvalue weighted by Crippen LogP contribution is -2.42. The first-order valence-corrected chi connectivity index (χ1v) is 42.5. The smallest absolute Gasteiger partial charge is 0.307 e. The third kappa shape index (κ3) is 65.6. The van der Waals surface area contributed by atoms with Crippen molar-refractivity contribution in [3.05, 3.63) is 0 Å². The van der Waals surface area contributed by atoms with Crippen LogP contribution >= 0.6 is 0 Å². The van der Waals surface area contributed by atoms with Gasteiger partial charge in [-0.05, 0) is 44.9 Å². The fourth-order valence-electron chi connectivity index (χ4n) is 14.2. The number of rotatable bonds is 63. The van der Waals surface area contributed by atoms with Crippen molar-refractivity contribution in [2.45, 2.75) is 496 Å². The van der Waals surface area contributed by atoms with Crippen LogP contribution in [0.1, 0.15) is 489 Å². The predicted octanol–water partition coefficient (Wildman–Crippen LogP) is 28.1. The summed E-state index contributed by atoms with van der Waals surface area (Å²) in [5.41, 5.74) is -1.26. The molecular formula is C85H162O8. The molecule has 0 bridgehead atoms. The van der Waals surface area contributed by atoms with Crippen LogP contribution in [-0.2, 0) is 38.1 Å². The van der Waals surface area contributed by atoms with Crippen LogP contribution in [0.2, 0.25) is 0 Å². The minimum atomic E-state index is -1.26. The third-order valence-corrected chi connectivity index (χ3v) is 20.7. The number of ether oxygens (including phenoxy) is 4. The van der Waals surface area contributed by atoms with Gasteiger partial charge in [0.15, 0.2) is 0 Å². The summed E-state index contributed by atoms with van der Waals surface area (Å²) in [5, 5.41) is 0. The summed E-state index contributed by atoms with van der Waals surface area (Å²) in [5.74, 6) is -1.36. The highest BCUT2D eigenvalue weighted by Gasteiger charge is 2.39. The van der Waals surface area contributed by atoms with Crippen molar-refractivity contribution >= 4 is 23.9 Å². The van der Waals surface area contributed by atoms with Crippen LogP contribution in [0.25, 0.3) is 0 Å². The van der Waals surface area contributed by atoms with Crippen LogP contribution in [0.4, 0.5) is 0 Å². The minimum Gasteiger partial charge on any atom is -0.465 e. The molecule has 1 saturated carbocycles. The Hall–Kier alpha value is -2.12. The summed E-state index contributed by atoms with van der Waals surface area (Å²) in [7, 11) is 0. The summed E-state index contributed by atoms with van der Waals surface area (Å²) in [6.45, 7) is 6.33. The van der Waals surface area contributed by atoms with Gasteiger partial charge in [-0.3, -0.25) is 19.2 Å². The van der Waals surface area contributed by atoms with Gasteiger partial charge in [0, 0.05) is 19.3 Å². The van der Waals surface area contributed by atoms with Crippen LogP contribution in [0.5, 0.6) is 0 Å². The van der Waals surface area contributed by atoms with E-state index in [1.807, 2.05) is 0 Å². The van der Waals surface area contributed by atoms with E-state index in [0.29, 0.717) is 19.3 Å². The Morgan fingerprint density at radius 3 is 0.602 bits per heavy atom. The Morgan fingerprint density at radius 2 is 0.409 bits per heavy atom. The summed E-state index contributed by atoms with van der Waals surface area (Å²) in [4.78, 5) is 55.5. The minimum absolute atomic E-state index is 0.158. The Kier molecular flexibility index (Phi) is 69.4. The fourth-order valence-corrected chi connectivity index (χ4v) is 14.2. The van der Waals surface area contributed by atoms with E-state index in [9.17, 15) is 19.2 Å². The lowest BCUT2D eigenvalue weighted by molar-refractivity contribution is -0.171. The molecule has 93 heavy (non-hydrogen) atoms. The lowest BCUT2D eigenvalue weighted by Gasteiger charge is -2.32. The maximum absolute atomic E-state index is 14.5. The maximum atomic E-state index is 14.5. The first-order chi connectivity index (χ1) is 45.8. The number of hydrogen-bond donors (Lipinski definition) is 0. The number of carbonyl (C=O) groups excluding carboxylic acids is 4. The summed E-state index contributed by atoms with van der Waals surface area (Å²) in [6, 6.07) is 0. The molecular weight excluding hydrogens is 1150 g/mol. The molecule has 8 heteroatoms. The Morgan fingerprint density at radius 1 is 0.237 bits per heavy atom. The monoisotopic (exact) mass is 1310 g/mol. The average Bonchev–Trinajstić information content (AvgIpc) is 1.87. The molecule has 1 fully saturated rings. The molecule has 1 aliphatic rings. The highest BCUT2D eigenvalue weighted by Crippen LogP contribution is 2.30. The summed E-state index contributed by atoms with van der Waals surface area (Å²) in [6.07, 6.45) is 87.2. The van der Waals surface area contributed by atoms with Crippen LogP contribution in [0.15, 0.2) is 0 Å². The highest BCUT2D eigenvalue weighted by atomic mass is 16.6. The first-order valence-electron chi connectivity index (χ1n) is 42.5. The van der Waals surface area contributed by atoms with Gasteiger partial charge in [-0.25, -0.2) is 0 Å². The van der Waals surface area contributed by atoms with E-state index in [2.05, 4.69) is 20.8 Å². The Balaban J connectivity index is 2.99. The largest absolute Gasteiger partial charge is 0.465 e. The zero-order valence-corrected chi connectivity index (χ0v) is 63.1. The van der Waals surface area contributed by atoms with Crippen molar-refractivity contribution in [3.8, 4) is 0 Å². The number of carbonyl (C=O) groups is 4. The summed E-state index contributed by atoms with van der Waals surface area (Å²) < 4.78 is 24.8. The van der Waals surface area contributed by atoms with Gasteiger partial charge < -0.3 is 18.9 Å². The zero-order valence-electron chi connectivity index (χ0n) is 63.1. The Bertz CT molecular complexity index is 1410. The van der Waals surface area contributed by atoms with Gasteiger partial charge in [-0.15, -0.1) is 0 Å². The molecule has 0 aromatic rings. The molecule has 0 amide bonds. The normalized spacial score (nSPS) is 14.5. The standard InChI is InChI=1S/C85H162O8/c1-4-7-10-13-16-19-22-25-28-31-38-43-48-53-58-63-68-73-81(86)90-77-85(78-91-82(87)74-69-64-59-54-49-44-39-32-29-26-23-20-17-14-11-8-5-2,79-92-83(88)75-70-65-60-55-50-45-40-33-30-27-24-21-18-15-12-9-6-3)76-84(89)93-80-71-66-61-56-51-46-41-36-34-35-37-42-47-52-57-62-67-72-80/h80H,4-79H2,1-3H3. The van der Waals surface area contributed by atoms with Gasteiger partial charge in [0.1, 0.15) is 25.9 Å². The molecule has 0 N–H and O–H groups in total. The third-order valence-electron chi connectivity index (χ3n) is 20.7. The summed E-state index contributed by atoms with van der Waals surface area (Å²) >= 11 is 0. The molecule has 0 heterocycles. The van der Waals surface area contributed by atoms with Crippen molar-refractivity contribution in [1.29, 1.82) is 0 Å². The van der Waals surface area contributed by atoms with Crippen LogP contribution in [0, 0.1) is 5.41 Å². The molecule has 0 aromatic carbocycles. The van der Waals surface area contributed by atoms with E-state index in [0.717, 1.165) is 96.3 Å². The first kappa shape index (κ1) is 88.9. The van der Waals surface area contributed by atoms with Crippen molar-refractivity contribution in [2.24, 2.45) is 5.41 Å². The van der Waals surface area contributed by atoms with Gasteiger partial charge in [0.25, 0.3) is 0 Å². The van der Waals surface area contributed by atoms with Gasteiger partial charge in [0.2, 0.25) is 0 Å². The lowest BCUT2D eigenvalue weighted by atomic mass is 9.86. The topological polar surface area (TPSA) is 105 Å². The van der Waals surface area contributed by atoms with Gasteiger partial charge in [-0.1, -0.05) is 419 Å². The molecule has 0 aliphatic heterocycles. The number of hydrogen-bond acceptors (Lipinski definition) is 8. The molecule has 0 atom stereocenters. The maximum Gasteiger partial charge on any atom is 0.307 e. The predicted molar refractivity (Wildman–Crippen MR) is 399 cm³/mol. The second-order valence-electron chi connectivity index (χ2n) is 30.2. The average molecular weight is 1310 g/mol. The Labute approximate surface area is 579 Å². The van der Waals surface area contributed by atoms with Gasteiger partial charge in [0.05, 0.1) is 11.8 Å². The van der Waals surface area contributed by atoms with Gasteiger partial charge in [-0.2, -0.15) is 0 Å². The molecule has 0 saturated heterocycles. The molecule has 550 valence electrons. The van der Waals surface area contributed by atoms with Crippen molar-refractivity contribution in [2.75, 3.05) is 19.8 Å². The zero-order chi connectivity index (χ0) is 67.0. The van der Waals surface area contributed by atoms with E-state index in [1.165, 1.54) is 347 Å². The van der Waals surface area contributed by atoms with Crippen LogP contribution in [-0.4, -0.2) is 49.8 Å². The molecule has 0 aromatic heterocycles. The molecule has 1 rings (SSSR count). The van der Waals surface area contributed by atoms with E-state index in [4.69, 9.17) is 18.9 Å². The van der Waals surface area contributed by atoms with E-state index >= 15 is 0 Å². The SMILES string of the molecule is CCCCCCCCCCCCCCCCCCCC(=O)OCC(COC(=O)CCCCCCCCCCCCCCCCCCC)(COC(=O)CCCCCCCCCCCCCCCCCCC)CC(=O)OC1CCCCCCCCCCCCCCCCCC1. The van der Waals surface area contributed by atoms with E-state index in [-0.39, 0.29) is 50.3 Å². The second-order valence-corrected chi connectivity index (χ2v) is 30.2. The van der Waals surface area contributed by atoms with Gasteiger partial charge >= 0.3 is 23.9 Å². The van der Waals surface area contributed by atoms with Crippen molar-refractivity contribution in [3.63, 3.8) is 0 Å². The molecule has 8 nitrogen and oxygen atoms in total. The number of unbranched alkanes of at least 4 members (excludes halogenated alkanes) is 48. The molecule has 0 unspecified atom stereocenters. The molecule has 1 aliphatic carbocycles. The van der Waals surface area contributed by atoms with Crippen molar-refractivity contribution < 1.29 is 38.1 Å². The molecule has 0 radical (unpaired) electrons.